The quantitative estimate of drug-likeness (QED) is 0.502. The molecule has 0 saturated heterocycles. The van der Waals surface area contributed by atoms with Crippen molar-refractivity contribution in [3.8, 4) is 0 Å². The summed E-state index contributed by atoms with van der Waals surface area (Å²) in [6.07, 6.45) is 0.746. The number of halogens is 2. The Kier molecular flexibility index (Phi) is 6.86. The Hall–Kier alpha value is -2.38. The number of amides is 1. The van der Waals surface area contributed by atoms with Crippen LogP contribution in [0.5, 0.6) is 0 Å². The third kappa shape index (κ3) is 4.99. The third-order valence-electron chi connectivity index (χ3n) is 5.55. The number of carbonyl (C=O) groups excluding carboxylic acids is 1. The van der Waals surface area contributed by atoms with Gasteiger partial charge in [-0.2, -0.15) is 4.31 Å². The molecule has 1 aliphatic heterocycles. The Morgan fingerprint density at radius 3 is 2.28 bits per heavy atom. The molecule has 3 aromatic rings. The maximum atomic E-state index is 13.4. The smallest absolute Gasteiger partial charge is 0.243 e. The van der Waals surface area contributed by atoms with Crippen molar-refractivity contribution >= 4 is 39.1 Å². The van der Waals surface area contributed by atoms with Crippen LogP contribution >= 0.6 is 23.2 Å². The van der Waals surface area contributed by atoms with Gasteiger partial charge in [0.2, 0.25) is 15.9 Å². The molecule has 32 heavy (non-hydrogen) atoms. The minimum Gasteiger partial charge on any atom is -0.337 e. The van der Waals surface area contributed by atoms with Crippen molar-refractivity contribution in [1.29, 1.82) is 0 Å². The Bertz CT molecular complexity index is 1230. The first-order chi connectivity index (χ1) is 15.3. The van der Waals surface area contributed by atoms with Crippen LogP contribution in [0.15, 0.2) is 77.7 Å². The van der Waals surface area contributed by atoms with Gasteiger partial charge >= 0.3 is 0 Å². The fourth-order valence-electron chi connectivity index (χ4n) is 3.76. The SMILES string of the molecule is O=C(CN(Cc1ccccc1Cl)S(=O)(=O)c1ccc(Cl)cc1)N1CCc2ccccc2C1. The fourth-order valence-corrected chi connectivity index (χ4v) is 5.45. The molecular formula is C24H22Cl2N2O3S. The highest BCUT2D eigenvalue weighted by Gasteiger charge is 2.30. The van der Waals surface area contributed by atoms with Crippen LogP contribution in [0.4, 0.5) is 0 Å². The summed E-state index contributed by atoms with van der Waals surface area (Å²) >= 11 is 12.2. The number of hydrogen-bond acceptors (Lipinski definition) is 3. The van der Waals surface area contributed by atoms with E-state index < -0.39 is 10.0 Å². The summed E-state index contributed by atoms with van der Waals surface area (Å²) in [5, 5.41) is 0.882. The molecule has 4 rings (SSSR count). The Morgan fingerprint density at radius 1 is 0.906 bits per heavy atom. The highest BCUT2D eigenvalue weighted by Crippen LogP contribution is 2.25. The molecule has 0 bridgehead atoms. The van der Waals surface area contributed by atoms with E-state index in [2.05, 4.69) is 6.07 Å². The number of carbonyl (C=O) groups is 1. The van der Waals surface area contributed by atoms with Gasteiger partial charge < -0.3 is 4.90 Å². The van der Waals surface area contributed by atoms with Crippen molar-refractivity contribution in [2.45, 2.75) is 24.4 Å². The molecule has 0 unspecified atom stereocenters. The lowest BCUT2D eigenvalue weighted by atomic mass is 10.00. The van der Waals surface area contributed by atoms with Gasteiger partial charge in [-0.15, -0.1) is 0 Å². The van der Waals surface area contributed by atoms with Gasteiger partial charge in [0.05, 0.1) is 11.4 Å². The summed E-state index contributed by atoms with van der Waals surface area (Å²) in [4.78, 5) is 15.0. The largest absolute Gasteiger partial charge is 0.337 e. The van der Waals surface area contributed by atoms with Gasteiger partial charge in [-0.3, -0.25) is 4.79 Å². The van der Waals surface area contributed by atoms with E-state index in [0.29, 0.717) is 28.7 Å². The van der Waals surface area contributed by atoms with Crippen LogP contribution in [0.3, 0.4) is 0 Å². The van der Waals surface area contributed by atoms with Crippen molar-refractivity contribution in [3.63, 3.8) is 0 Å². The molecule has 0 saturated carbocycles. The Morgan fingerprint density at radius 2 is 1.56 bits per heavy atom. The predicted octanol–water partition coefficient (Wildman–Crippen LogP) is 4.77. The van der Waals surface area contributed by atoms with Crippen molar-refractivity contribution in [1.82, 2.24) is 9.21 Å². The number of hydrogen-bond donors (Lipinski definition) is 0. The van der Waals surface area contributed by atoms with E-state index >= 15 is 0 Å². The monoisotopic (exact) mass is 488 g/mol. The van der Waals surface area contributed by atoms with Crippen LogP contribution in [-0.2, 0) is 34.3 Å². The first kappa shape index (κ1) is 22.8. The van der Waals surface area contributed by atoms with E-state index in [1.807, 2.05) is 18.2 Å². The number of fused-ring (bicyclic) bond motifs is 1. The van der Waals surface area contributed by atoms with E-state index in [1.165, 1.54) is 34.1 Å². The lowest BCUT2D eigenvalue weighted by molar-refractivity contribution is -0.132. The van der Waals surface area contributed by atoms with Crippen molar-refractivity contribution in [2.75, 3.05) is 13.1 Å². The molecule has 0 atom stereocenters. The van der Waals surface area contributed by atoms with E-state index in [-0.39, 0.29) is 23.9 Å². The van der Waals surface area contributed by atoms with Gasteiger partial charge in [0.25, 0.3) is 0 Å². The number of rotatable bonds is 6. The first-order valence-corrected chi connectivity index (χ1v) is 12.4. The van der Waals surface area contributed by atoms with Crippen LogP contribution in [-0.4, -0.2) is 36.6 Å². The molecule has 3 aromatic carbocycles. The van der Waals surface area contributed by atoms with Gasteiger partial charge in [0.1, 0.15) is 0 Å². The summed E-state index contributed by atoms with van der Waals surface area (Å²) < 4.78 is 28.1. The second-order valence-corrected chi connectivity index (χ2v) is 10.4. The van der Waals surface area contributed by atoms with E-state index in [9.17, 15) is 13.2 Å². The molecule has 0 aromatic heterocycles. The van der Waals surface area contributed by atoms with Crippen LogP contribution in [0.25, 0.3) is 0 Å². The van der Waals surface area contributed by atoms with E-state index in [0.717, 1.165) is 12.0 Å². The molecule has 0 N–H and O–H groups in total. The summed E-state index contributed by atoms with van der Waals surface area (Å²) in [7, 11) is -3.96. The summed E-state index contributed by atoms with van der Waals surface area (Å²) in [5.41, 5.74) is 2.94. The topological polar surface area (TPSA) is 57.7 Å². The summed E-state index contributed by atoms with van der Waals surface area (Å²) in [6, 6.07) is 20.9. The minimum absolute atomic E-state index is 0.0131. The molecule has 0 fully saturated rings. The zero-order valence-electron chi connectivity index (χ0n) is 17.2. The van der Waals surface area contributed by atoms with E-state index in [4.69, 9.17) is 23.2 Å². The normalized spacial score (nSPS) is 13.8. The molecular weight excluding hydrogens is 467 g/mol. The lowest BCUT2D eigenvalue weighted by Crippen LogP contribution is -2.44. The Labute approximate surface area is 198 Å². The molecule has 166 valence electrons. The highest BCUT2D eigenvalue weighted by molar-refractivity contribution is 7.89. The van der Waals surface area contributed by atoms with Crippen LogP contribution in [0, 0.1) is 0 Å². The molecule has 5 nitrogen and oxygen atoms in total. The molecule has 1 heterocycles. The maximum Gasteiger partial charge on any atom is 0.243 e. The second-order valence-electron chi connectivity index (χ2n) is 7.65. The van der Waals surface area contributed by atoms with Crippen molar-refractivity contribution in [3.05, 3.63) is 99.5 Å². The van der Waals surface area contributed by atoms with Gasteiger partial charge in [0.15, 0.2) is 0 Å². The average Bonchev–Trinajstić information content (AvgIpc) is 2.80. The molecule has 0 spiro atoms. The molecule has 0 radical (unpaired) electrons. The zero-order chi connectivity index (χ0) is 22.7. The summed E-state index contributed by atoms with van der Waals surface area (Å²) in [5.74, 6) is -0.246. The second kappa shape index (κ2) is 9.63. The Balaban J connectivity index is 1.61. The summed E-state index contributed by atoms with van der Waals surface area (Å²) in [6.45, 7) is 0.728. The van der Waals surface area contributed by atoms with Crippen LogP contribution < -0.4 is 0 Å². The minimum atomic E-state index is -3.96. The van der Waals surface area contributed by atoms with E-state index in [1.54, 1.807) is 29.2 Å². The van der Waals surface area contributed by atoms with Gasteiger partial charge in [0, 0.05) is 29.7 Å². The number of nitrogens with zero attached hydrogens (tertiary/aromatic N) is 2. The number of sulfonamides is 1. The fraction of sp³-hybridized carbons (Fsp3) is 0.208. The third-order valence-corrected chi connectivity index (χ3v) is 7.98. The predicted molar refractivity (Wildman–Crippen MR) is 126 cm³/mol. The molecule has 1 amide bonds. The van der Waals surface area contributed by atoms with Crippen LogP contribution in [0.1, 0.15) is 16.7 Å². The zero-order valence-corrected chi connectivity index (χ0v) is 19.6. The standard InChI is InChI=1S/C24H22Cl2N2O3S/c25-21-9-11-22(12-10-21)32(30,31)28(16-20-7-3-4-8-23(20)26)17-24(29)27-14-13-18-5-1-2-6-19(18)15-27/h1-12H,13-17H2. The van der Waals surface area contributed by atoms with Crippen LogP contribution in [0.2, 0.25) is 10.0 Å². The number of benzene rings is 3. The van der Waals surface area contributed by atoms with Crippen molar-refractivity contribution in [2.24, 2.45) is 0 Å². The molecule has 1 aliphatic rings. The molecule has 8 heteroatoms. The first-order valence-electron chi connectivity index (χ1n) is 10.2. The van der Waals surface area contributed by atoms with Gasteiger partial charge in [-0.25, -0.2) is 8.42 Å². The van der Waals surface area contributed by atoms with Crippen molar-refractivity contribution < 1.29 is 13.2 Å². The van der Waals surface area contributed by atoms with Gasteiger partial charge in [-0.1, -0.05) is 65.7 Å². The maximum absolute atomic E-state index is 13.4. The van der Waals surface area contributed by atoms with Gasteiger partial charge in [-0.05, 0) is 53.4 Å². The lowest BCUT2D eigenvalue weighted by Gasteiger charge is -2.31. The molecule has 0 aliphatic carbocycles. The highest BCUT2D eigenvalue weighted by atomic mass is 35.5. The average molecular weight is 489 g/mol.